The first-order chi connectivity index (χ1) is 11.6. The van der Waals surface area contributed by atoms with Crippen LogP contribution in [0, 0.1) is 11.3 Å². The number of alkyl halides is 1. The second-order valence-electron chi connectivity index (χ2n) is 7.72. The number of allylic oxidation sites excluding steroid dienone is 7. The number of carbonyl (C=O) groups excluding carboxylic acids is 1. The standard InChI is InChI=1S/C22H33BrO2/c1-16(9-7-10-18(3)21(23)15-25-19(4)24)12-13-20-17(2)11-8-14-22(20,5)6/h7,9-10,12-13,16,21H,8,11,14-15H2,1-6H3/b9-7+,13-12+,18-10+. The van der Waals surface area contributed by atoms with Gasteiger partial charge >= 0.3 is 5.97 Å². The molecule has 0 N–H and O–H groups in total. The lowest BCUT2D eigenvalue weighted by Crippen LogP contribution is -2.19. The summed E-state index contributed by atoms with van der Waals surface area (Å²) in [6.07, 6.45) is 14.8. The van der Waals surface area contributed by atoms with Gasteiger partial charge in [-0.1, -0.05) is 78.2 Å². The molecule has 0 aromatic heterocycles. The zero-order chi connectivity index (χ0) is 19.0. The Labute approximate surface area is 162 Å². The number of rotatable bonds is 7. The van der Waals surface area contributed by atoms with Crippen molar-refractivity contribution in [1.29, 1.82) is 0 Å². The molecule has 0 radical (unpaired) electrons. The fraction of sp³-hybridized carbons (Fsp3) is 0.591. The molecule has 0 amide bonds. The third-order valence-corrected chi connectivity index (χ3v) is 5.80. The largest absolute Gasteiger partial charge is 0.464 e. The van der Waals surface area contributed by atoms with Crippen molar-refractivity contribution in [3.8, 4) is 0 Å². The Morgan fingerprint density at radius 2 is 2.00 bits per heavy atom. The van der Waals surface area contributed by atoms with E-state index in [4.69, 9.17) is 4.74 Å². The van der Waals surface area contributed by atoms with Crippen molar-refractivity contribution in [2.45, 2.75) is 65.6 Å². The predicted octanol–water partition coefficient (Wildman–Crippen LogP) is 6.53. The molecular weight excluding hydrogens is 376 g/mol. The molecule has 2 atom stereocenters. The third kappa shape index (κ3) is 7.77. The molecule has 0 aromatic carbocycles. The zero-order valence-electron chi connectivity index (χ0n) is 16.6. The van der Waals surface area contributed by atoms with Crippen molar-refractivity contribution in [3.05, 3.63) is 47.1 Å². The molecule has 1 aliphatic rings. The average molecular weight is 409 g/mol. The van der Waals surface area contributed by atoms with Gasteiger partial charge in [-0.05, 0) is 50.0 Å². The van der Waals surface area contributed by atoms with Gasteiger partial charge in [0.05, 0.1) is 4.83 Å². The van der Waals surface area contributed by atoms with Gasteiger partial charge in [0.25, 0.3) is 0 Å². The summed E-state index contributed by atoms with van der Waals surface area (Å²) in [6, 6.07) is 0. The topological polar surface area (TPSA) is 26.3 Å². The normalized spacial score (nSPS) is 21.0. The Hall–Kier alpha value is -1.09. The first kappa shape index (κ1) is 22.0. The molecule has 0 fully saturated rings. The second-order valence-corrected chi connectivity index (χ2v) is 8.82. The molecule has 25 heavy (non-hydrogen) atoms. The van der Waals surface area contributed by atoms with E-state index in [2.05, 4.69) is 74.0 Å². The van der Waals surface area contributed by atoms with E-state index in [1.54, 1.807) is 0 Å². The lowest BCUT2D eigenvalue weighted by molar-refractivity contribution is -0.140. The summed E-state index contributed by atoms with van der Waals surface area (Å²) in [5.41, 5.74) is 4.47. The van der Waals surface area contributed by atoms with Crippen molar-refractivity contribution in [1.82, 2.24) is 0 Å². The lowest BCUT2D eigenvalue weighted by Gasteiger charge is -2.33. The summed E-state index contributed by atoms with van der Waals surface area (Å²) in [5.74, 6) is 0.131. The zero-order valence-corrected chi connectivity index (χ0v) is 18.2. The number of hydrogen-bond acceptors (Lipinski definition) is 2. The van der Waals surface area contributed by atoms with Gasteiger partial charge in [0.1, 0.15) is 6.61 Å². The lowest BCUT2D eigenvalue weighted by atomic mass is 9.72. The van der Waals surface area contributed by atoms with Crippen LogP contribution in [0.25, 0.3) is 0 Å². The maximum absolute atomic E-state index is 10.9. The Morgan fingerprint density at radius 3 is 2.60 bits per heavy atom. The van der Waals surface area contributed by atoms with Gasteiger partial charge in [0, 0.05) is 6.92 Å². The van der Waals surface area contributed by atoms with Gasteiger partial charge in [0.15, 0.2) is 0 Å². The number of carbonyl (C=O) groups is 1. The van der Waals surface area contributed by atoms with Crippen LogP contribution in [-0.4, -0.2) is 17.4 Å². The van der Waals surface area contributed by atoms with Crippen LogP contribution in [0.15, 0.2) is 47.1 Å². The summed E-state index contributed by atoms with van der Waals surface area (Å²) in [6.45, 7) is 13.0. The van der Waals surface area contributed by atoms with Crippen molar-refractivity contribution < 1.29 is 9.53 Å². The minimum atomic E-state index is -0.248. The van der Waals surface area contributed by atoms with Crippen molar-refractivity contribution in [2.75, 3.05) is 6.61 Å². The highest BCUT2D eigenvalue weighted by Gasteiger charge is 2.26. The molecule has 2 unspecified atom stereocenters. The summed E-state index contributed by atoms with van der Waals surface area (Å²) in [5, 5.41) is 0. The molecule has 0 aliphatic heterocycles. The highest BCUT2D eigenvalue weighted by molar-refractivity contribution is 9.09. The quantitative estimate of drug-likeness (QED) is 0.271. The SMILES string of the molecule is CC(=O)OCC(Br)/C(C)=C/C=C/C(C)/C=C/C1=C(C)CCCC1(C)C. The van der Waals surface area contributed by atoms with Gasteiger partial charge in [-0.15, -0.1) is 0 Å². The molecule has 0 spiro atoms. The van der Waals surface area contributed by atoms with E-state index in [-0.39, 0.29) is 10.8 Å². The van der Waals surface area contributed by atoms with E-state index in [1.165, 1.54) is 37.3 Å². The van der Waals surface area contributed by atoms with Crippen LogP contribution in [-0.2, 0) is 9.53 Å². The van der Waals surface area contributed by atoms with Gasteiger partial charge in [-0.3, -0.25) is 4.79 Å². The molecule has 0 saturated carbocycles. The minimum Gasteiger partial charge on any atom is -0.464 e. The summed E-state index contributed by atoms with van der Waals surface area (Å²) >= 11 is 3.54. The van der Waals surface area contributed by atoms with E-state index in [1.807, 2.05) is 6.92 Å². The maximum Gasteiger partial charge on any atom is 0.302 e. The van der Waals surface area contributed by atoms with Crippen molar-refractivity contribution >= 4 is 21.9 Å². The number of hydrogen-bond donors (Lipinski definition) is 0. The molecule has 1 rings (SSSR count). The molecule has 1 aliphatic carbocycles. The average Bonchev–Trinajstić information content (AvgIpc) is 2.51. The van der Waals surface area contributed by atoms with Gasteiger partial charge in [-0.25, -0.2) is 0 Å². The van der Waals surface area contributed by atoms with E-state index < -0.39 is 0 Å². The van der Waals surface area contributed by atoms with E-state index >= 15 is 0 Å². The van der Waals surface area contributed by atoms with Crippen molar-refractivity contribution in [3.63, 3.8) is 0 Å². The molecule has 0 heterocycles. The molecule has 2 nitrogen and oxygen atoms in total. The van der Waals surface area contributed by atoms with Crippen LogP contribution in [0.5, 0.6) is 0 Å². The molecular formula is C22H33BrO2. The smallest absolute Gasteiger partial charge is 0.302 e. The van der Waals surface area contributed by atoms with E-state index in [0.29, 0.717) is 17.9 Å². The van der Waals surface area contributed by atoms with Gasteiger partial charge in [0.2, 0.25) is 0 Å². The van der Waals surface area contributed by atoms with Crippen LogP contribution in [0.2, 0.25) is 0 Å². The summed E-state index contributed by atoms with van der Waals surface area (Å²) in [7, 11) is 0. The van der Waals surface area contributed by atoms with Crippen LogP contribution in [0.4, 0.5) is 0 Å². The Kier molecular flexibility index (Phi) is 8.92. The maximum atomic E-state index is 10.9. The number of halogens is 1. The fourth-order valence-corrected chi connectivity index (χ4v) is 3.42. The fourth-order valence-electron chi connectivity index (χ4n) is 3.13. The van der Waals surface area contributed by atoms with Crippen molar-refractivity contribution in [2.24, 2.45) is 11.3 Å². The predicted molar refractivity (Wildman–Crippen MR) is 111 cm³/mol. The molecule has 0 bridgehead atoms. The Balaban J connectivity index is 2.63. The Morgan fingerprint density at radius 1 is 1.32 bits per heavy atom. The molecule has 3 heteroatoms. The number of esters is 1. The highest BCUT2D eigenvalue weighted by atomic mass is 79.9. The minimum absolute atomic E-state index is 0.0581. The van der Waals surface area contributed by atoms with Crippen LogP contribution >= 0.6 is 15.9 Å². The van der Waals surface area contributed by atoms with Crippen LogP contribution < -0.4 is 0 Å². The van der Waals surface area contributed by atoms with Crippen LogP contribution in [0.1, 0.15) is 60.8 Å². The highest BCUT2D eigenvalue weighted by Crippen LogP contribution is 2.40. The Bertz CT molecular complexity index is 579. The second kappa shape index (κ2) is 10.2. The molecule has 0 saturated heterocycles. The molecule has 140 valence electrons. The monoisotopic (exact) mass is 408 g/mol. The third-order valence-electron chi connectivity index (χ3n) is 4.81. The number of ether oxygens (including phenoxy) is 1. The van der Waals surface area contributed by atoms with Gasteiger partial charge < -0.3 is 4.74 Å². The van der Waals surface area contributed by atoms with E-state index in [0.717, 1.165) is 5.57 Å². The van der Waals surface area contributed by atoms with Gasteiger partial charge in [-0.2, -0.15) is 0 Å². The first-order valence-corrected chi connectivity index (χ1v) is 10.1. The van der Waals surface area contributed by atoms with E-state index in [9.17, 15) is 4.79 Å². The van der Waals surface area contributed by atoms with Crippen LogP contribution in [0.3, 0.4) is 0 Å². The first-order valence-electron chi connectivity index (χ1n) is 9.14. The molecule has 0 aromatic rings. The summed E-state index contributed by atoms with van der Waals surface area (Å²) in [4.78, 5) is 10.9. The summed E-state index contributed by atoms with van der Waals surface area (Å²) < 4.78 is 5.02.